The Hall–Kier alpha value is -0.770. The van der Waals surface area contributed by atoms with Gasteiger partial charge in [-0.25, -0.2) is 4.79 Å². The summed E-state index contributed by atoms with van der Waals surface area (Å²) in [7, 11) is 0. The third-order valence-electron chi connectivity index (χ3n) is 2.40. The van der Waals surface area contributed by atoms with Gasteiger partial charge in [-0.2, -0.15) is 0 Å². The van der Waals surface area contributed by atoms with Crippen LogP contribution in [-0.4, -0.2) is 32.3 Å². The highest BCUT2D eigenvalue weighted by molar-refractivity contribution is 5.73. The number of carbonyl (C=O) groups excluding carboxylic acids is 1. The van der Waals surface area contributed by atoms with Gasteiger partial charge in [-0.05, 0) is 25.2 Å². The van der Waals surface area contributed by atoms with E-state index in [0.29, 0.717) is 5.92 Å². The van der Waals surface area contributed by atoms with Crippen LogP contribution in [0.5, 0.6) is 0 Å². The van der Waals surface area contributed by atoms with Crippen LogP contribution in [0.4, 0.5) is 4.79 Å². The van der Waals surface area contributed by atoms with Crippen LogP contribution in [0.1, 0.15) is 26.2 Å². The maximum atomic E-state index is 11.1. The van der Waals surface area contributed by atoms with Gasteiger partial charge in [-0.3, -0.25) is 0 Å². The molecular formula is C10H20N2O2. The van der Waals surface area contributed by atoms with Crippen molar-refractivity contribution in [2.24, 2.45) is 5.92 Å². The van der Waals surface area contributed by atoms with Crippen molar-refractivity contribution in [1.29, 1.82) is 0 Å². The molecular weight excluding hydrogens is 180 g/mol. The van der Waals surface area contributed by atoms with Crippen molar-refractivity contribution in [3.05, 3.63) is 0 Å². The Kier molecular flexibility index (Phi) is 5.37. The number of hydrogen-bond donors (Lipinski definition) is 2. The van der Waals surface area contributed by atoms with Crippen molar-refractivity contribution in [2.45, 2.75) is 26.2 Å². The summed E-state index contributed by atoms with van der Waals surface area (Å²) in [6.07, 6.45) is 3.14. The number of ether oxygens (including phenoxy) is 1. The molecule has 1 heterocycles. The van der Waals surface area contributed by atoms with Crippen LogP contribution in [0.15, 0.2) is 0 Å². The molecule has 0 aliphatic carbocycles. The lowest BCUT2D eigenvalue weighted by Crippen LogP contribution is -2.36. The number of amides is 2. The molecule has 14 heavy (non-hydrogen) atoms. The number of hydrogen-bond acceptors (Lipinski definition) is 2. The lowest BCUT2D eigenvalue weighted by Gasteiger charge is -2.09. The normalized spacial score (nSPS) is 20.8. The summed E-state index contributed by atoms with van der Waals surface area (Å²) in [5, 5.41) is 5.62. The number of urea groups is 1. The standard InChI is InChI=1S/C10H20N2O2/c1-2-5-11-10(13)12-6-3-9-4-7-14-8-9/h9H,2-8H2,1H3,(H2,11,12,13). The molecule has 0 radical (unpaired) electrons. The molecule has 0 saturated carbocycles. The van der Waals surface area contributed by atoms with E-state index < -0.39 is 0 Å². The average molecular weight is 200 g/mol. The molecule has 4 nitrogen and oxygen atoms in total. The van der Waals surface area contributed by atoms with E-state index in [2.05, 4.69) is 10.6 Å². The smallest absolute Gasteiger partial charge is 0.314 e. The third kappa shape index (κ3) is 4.46. The second kappa shape index (κ2) is 6.65. The van der Waals surface area contributed by atoms with Crippen LogP contribution in [0.3, 0.4) is 0 Å². The van der Waals surface area contributed by atoms with Gasteiger partial charge >= 0.3 is 6.03 Å². The molecule has 0 aromatic carbocycles. The van der Waals surface area contributed by atoms with Crippen LogP contribution in [0.25, 0.3) is 0 Å². The summed E-state index contributed by atoms with van der Waals surface area (Å²) < 4.78 is 5.25. The lowest BCUT2D eigenvalue weighted by atomic mass is 10.1. The zero-order chi connectivity index (χ0) is 10.2. The molecule has 1 atom stereocenters. The molecule has 0 bridgehead atoms. The van der Waals surface area contributed by atoms with Gasteiger partial charge in [0.05, 0.1) is 0 Å². The molecule has 2 amide bonds. The van der Waals surface area contributed by atoms with Crippen LogP contribution in [-0.2, 0) is 4.74 Å². The maximum Gasteiger partial charge on any atom is 0.314 e. The zero-order valence-corrected chi connectivity index (χ0v) is 8.84. The van der Waals surface area contributed by atoms with Gasteiger partial charge in [0.15, 0.2) is 0 Å². The van der Waals surface area contributed by atoms with Crippen molar-refractivity contribution in [3.8, 4) is 0 Å². The van der Waals surface area contributed by atoms with E-state index >= 15 is 0 Å². The molecule has 1 unspecified atom stereocenters. The quantitative estimate of drug-likeness (QED) is 0.698. The van der Waals surface area contributed by atoms with E-state index in [1.54, 1.807) is 0 Å². The summed E-state index contributed by atoms with van der Waals surface area (Å²) in [4.78, 5) is 11.1. The Balaban J connectivity index is 1.94. The molecule has 1 rings (SSSR count). The van der Waals surface area contributed by atoms with Crippen molar-refractivity contribution in [2.75, 3.05) is 26.3 Å². The van der Waals surface area contributed by atoms with Gasteiger partial charge in [0, 0.05) is 26.3 Å². The highest BCUT2D eigenvalue weighted by Crippen LogP contribution is 2.14. The topological polar surface area (TPSA) is 50.4 Å². The van der Waals surface area contributed by atoms with E-state index in [-0.39, 0.29) is 6.03 Å². The zero-order valence-electron chi connectivity index (χ0n) is 8.84. The Morgan fingerprint density at radius 3 is 2.86 bits per heavy atom. The second-order valence-corrected chi connectivity index (χ2v) is 3.70. The van der Waals surface area contributed by atoms with Crippen molar-refractivity contribution in [3.63, 3.8) is 0 Å². The molecule has 1 saturated heterocycles. The van der Waals surface area contributed by atoms with Gasteiger partial charge in [0.2, 0.25) is 0 Å². The molecule has 4 heteroatoms. The fourth-order valence-corrected chi connectivity index (χ4v) is 1.50. The highest BCUT2D eigenvalue weighted by atomic mass is 16.5. The summed E-state index contributed by atoms with van der Waals surface area (Å²) in [6.45, 7) is 5.28. The Morgan fingerprint density at radius 1 is 1.43 bits per heavy atom. The Bertz CT molecular complexity index is 168. The first kappa shape index (κ1) is 11.3. The van der Waals surface area contributed by atoms with Crippen molar-refractivity contribution < 1.29 is 9.53 Å². The first-order valence-electron chi connectivity index (χ1n) is 5.42. The highest BCUT2D eigenvalue weighted by Gasteiger charge is 2.14. The minimum atomic E-state index is -0.0502. The lowest BCUT2D eigenvalue weighted by molar-refractivity contribution is 0.184. The molecule has 0 spiro atoms. The predicted molar refractivity (Wildman–Crippen MR) is 55.2 cm³/mol. The van der Waals surface area contributed by atoms with E-state index in [9.17, 15) is 4.79 Å². The van der Waals surface area contributed by atoms with Crippen molar-refractivity contribution >= 4 is 6.03 Å². The molecule has 0 aromatic rings. The monoisotopic (exact) mass is 200 g/mol. The van der Waals surface area contributed by atoms with Gasteiger partial charge in [0.25, 0.3) is 0 Å². The molecule has 0 aromatic heterocycles. The minimum absolute atomic E-state index is 0.0502. The number of nitrogens with one attached hydrogen (secondary N) is 2. The van der Waals surface area contributed by atoms with Gasteiger partial charge < -0.3 is 15.4 Å². The van der Waals surface area contributed by atoms with Crippen molar-refractivity contribution in [1.82, 2.24) is 10.6 Å². The molecule has 2 N–H and O–H groups in total. The summed E-state index contributed by atoms with van der Waals surface area (Å²) in [5.74, 6) is 0.640. The largest absolute Gasteiger partial charge is 0.381 e. The first-order valence-corrected chi connectivity index (χ1v) is 5.42. The predicted octanol–water partition coefficient (Wildman–Crippen LogP) is 1.12. The summed E-state index contributed by atoms with van der Waals surface area (Å²) >= 11 is 0. The fourth-order valence-electron chi connectivity index (χ4n) is 1.50. The summed E-state index contributed by atoms with van der Waals surface area (Å²) in [5.41, 5.74) is 0. The van der Waals surface area contributed by atoms with Crippen LogP contribution in [0, 0.1) is 5.92 Å². The second-order valence-electron chi connectivity index (χ2n) is 3.70. The van der Waals surface area contributed by atoms with Gasteiger partial charge in [-0.1, -0.05) is 6.92 Å². The van der Waals surface area contributed by atoms with Crippen LogP contribution >= 0.6 is 0 Å². The van der Waals surface area contributed by atoms with Crippen LogP contribution < -0.4 is 10.6 Å². The minimum Gasteiger partial charge on any atom is -0.381 e. The molecule has 1 fully saturated rings. The van der Waals surface area contributed by atoms with Gasteiger partial charge in [0.1, 0.15) is 0 Å². The SMILES string of the molecule is CCCNC(=O)NCCC1CCOC1. The van der Waals surface area contributed by atoms with E-state index in [0.717, 1.165) is 45.6 Å². The van der Waals surface area contributed by atoms with E-state index in [1.165, 1.54) is 0 Å². The molecule has 1 aliphatic heterocycles. The number of carbonyl (C=O) groups is 1. The van der Waals surface area contributed by atoms with Crippen LogP contribution in [0.2, 0.25) is 0 Å². The third-order valence-corrected chi connectivity index (χ3v) is 2.40. The Labute approximate surface area is 85.4 Å². The van der Waals surface area contributed by atoms with Gasteiger partial charge in [-0.15, -0.1) is 0 Å². The van der Waals surface area contributed by atoms with E-state index in [4.69, 9.17) is 4.74 Å². The average Bonchev–Trinajstić information content (AvgIpc) is 2.67. The number of rotatable bonds is 5. The summed E-state index contributed by atoms with van der Waals surface area (Å²) in [6, 6.07) is -0.0502. The fraction of sp³-hybridized carbons (Fsp3) is 0.900. The Morgan fingerprint density at radius 2 is 2.21 bits per heavy atom. The first-order chi connectivity index (χ1) is 6.83. The molecule has 82 valence electrons. The maximum absolute atomic E-state index is 11.1. The van der Waals surface area contributed by atoms with E-state index in [1.807, 2.05) is 6.92 Å². The molecule has 1 aliphatic rings.